The van der Waals surface area contributed by atoms with Gasteiger partial charge in [0, 0.05) is 7.11 Å². The Balaban J connectivity index is 3.20. The van der Waals surface area contributed by atoms with Crippen molar-refractivity contribution in [1.82, 2.24) is 0 Å². The normalized spacial score (nSPS) is 13.1. The molecule has 1 heteroatoms. The molecule has 0 aliphatic carbocycles. The molecule has 0 N–H and O–H groups in total. The molecule has 54 valence electrons. The molecular weight excluding hydrogens is 112 g/mol. The Morgan fingerprint density at radius 2 is 2.33 bits per heavy atom. The van der Waals surface area contributed by atoms with E-state index >= 15 is 0 Å². The molecule has 9 heavy (non-hydrogen) atoms. The van der Waals surface area contributed by atoms with E-state index in [1.54, 1.807) is 7.11 Å². The average molecular weight is 128 g/mol. The topological polar surface area (TPSA) is 9.23 Å². The van der Waals surface area contributed by atoms with Crippen molar-refractivity contribution < 1.29 is 4.74 Å². The maximum absolute atomic E-state index is 5.08. The second kappa shape index (κ2) is 5.83. The van der Waals surface area contributed by atoms with Gasteiger partial charge < -0.3 is 4.74 Å². The van der Waals surface area contributed by atoms with Crippen LogP contribution >= 0.6 is 0 Å². The predicted octanol–water partition coefficient (Wildman–Crippen LogP) is 2.38. The first-order valence-corrected chi connectivity index (χ1v) is 3.50. The molecule has 0 radical (unpaired) electrons. The van der Waals surface area contributed by atoms with Crippen molar-refractivity contribution in [2.45, 2.75) is 32.3 Å². The third-order valence-corrected chi connectivity index (χ3v) is 1.41. The third kappa shape index (κ3) is 4.22. The minimum Gasteiger partial charge on any atom is -0.377 e. The molecule has 0 aromatic carbocycles. The van der Waals surface area contributed by atoms with Crippen molar-refractivity contribution in [3.8, 4) is 0 Å². The van der Waals surface area contributed by atoms with Crippen LogP contribution in [-0.2, 0) is 4.74 Å². The highest BCUT2D eigenvalue weighted by Crippen LogP contribution is 2.03. The second-order valence-electron chi connectivity index (χ2n) is 2.15. The van der Waals surface area contributed by atoms with Crippen LogP contribution in [0.2, 0.25) is 0 Å². The van der Waals surface area contributed by atoms with E-state index in [0.29, 0.717) is 0 Å². The highest BCUT2D eigenvalue weighted by atomic mass is 16.5. The molecule has 0 aromatic rings. The second-order valence-corrected chi connectivity index (χ2v) is 2.15. The van der Waals surface area contributed by atoms with Gasteiger partial charge in [0.2, 0.25) is 0 Å². The Hall–Kier alpha value is -0.300. The van der Waals surface area contributed by atoms with Crippen molar-refractivity contribution in [2.24, 2.45) is 0 Å². The quantitative estimate of drug-likeness (QED) is 0.516. The maximum Gasteiger partial charge on any atom is 0.0749 e. The summed E-state index contributed by atoms with van der Waals surface area (Å²) in [6, 6.07) is 0. The molecule has 0 aliphatic heterocycles. The minimum atomic E-state index is 0.268. The fourth-order valence-electron chi connectivity index (χ4n) is 0.737. The minimum absolute atomic E-state index is 0.268. The molecule has 0 rings (SSSR count). The van der Waals surface area contributed by atoms with Crippen molar-refractivity contribution in [3.63, 3.8) is 0 Å². The van der Waals surface area contributed by atoms with E-state index in [4.69, 9.17) is 4.74 Å². The first-order valence-electron chi connectivity index (χ1n) is 3.50. The van der Waals surface area contributed by atoms with Crippen LogP contribution in [0, 0.1) is 0 Å². The number of methoxy groups -OCH3 is 1. The molecule has 0 fully saturated rings. The molecule has 0 spiro atoms. The molecular formula is C8H16O. The van der Waals surface area contributed by atoms with Crippen molar-refractivity contribution in [2.75, 3.05) is 7.11 Å². The van der Waals surface area contributed by atoms with Crippen LogP contribution in [0.4, 0.5) is 0 Å². The summed E-state index contributed by atoms with van der Waals surface area (Å²) in [4.78, 5) is 0. The summed E-state index contributed by atoms with van der Waals surface area (Å²) in [7, 11) is 1.72. The van der Waals surface area contributed by atoms with E-state index in [0.717, 1.165) is 6.42 Å². The molecule has 0 saturated carbocycles. The van der Waals surface area contributed by atoms with Gasteiger partial charge in [0.05, 0.1) is 6.10 Å². The summed E-state index contributed by atoms with van der Waals surface area (Å²) >= 11 is 0. The highest BCUT2D eigenvalue weighted by molar-refractivity contribution is 4.78. The summed E-state index contributed by atoms with van der Waals surface area (Å²) in [5, 5.41) is 0. The summed E-state index contributed by atoms with van der Waals surface area (Å²) < 4.78 is 5.08. The molecule has 0 saturated heterocycles. The van der Waals surface area contributed by atoms with E-state index in [-0.39, 0.29) is 6.10 Å². The Morgan fingerprint density at radius 3 is 2.67 bits per heavy atom. The Bertz CT molecular complexity index is 69.0. The fraction of sp³-hybridized carbons (Fsp3) is 0.750. The Kier molecular flexibility index (Phi) is 5.64. The molecule has 0 amide bonds. The summed E-state index contributed by atoms with van der Waals surface area (Å²) in [6.45, 7) is 5.84. The van der Waals surface area contributed by atoms with Crippen LogP contribution < -0.4 is 0 Å². The van der Waals surface area contributed by atoms with Crippen LogP contribution in [0.3, 0.4) is 0 Å². The molecule has 0 heterocycles. The van der Waals surface area contributed by atoms with Gasteiger partial charge in [0.25, 0.3) is 0 Å². The zero-order valence-electron chi connectivity index (χ0n) is 6.39. The van der Waals surface area contributed by atoms with Crippen LogP contribution in [-0.4, -0.2) is 13.2 Å². The van der Waals surface area contributed by atoms with Gasteiger partial charge >= 0.3 is 0 Å². The van der Waals surface area contributed by atoms with E-state index in [1.165, 1.54) is 12.8 Å². The fourth-order valence-corrected chi connectivity index (χ4v) is 0.737. The van der Waals surface area contributed by atoms with Crippen molar-refractivity contribution in [3.05, 3.63) is 12.7 Å². The number of hydrogen-bond donors (Lipinski definition) is 0. The monoisotopic (exact) mass is 128 g/mol. The first-order chi connectivity index (χ1) is 4.35. The lowest BCUT2D eigenvalue weighted by Gasteiger charge is -2.07. The largest absolute Gasteiger partial charge is 0.377 e. The Morgan fingerprint density at radius 1 is 1.67 bits per heavy atom. The highest BCUT2D eigenvalue weighted by Gasteiger charge is 1.97. The average Bonchev–Trinajstić information content (AvgIpc) is 1.91. The van der Waals surface area contributed by atoms with Crippen molar-refractivity contribution >= 4 is 0 Å². The van der Waals surface area contributed by atoms with Gasteiger partial charge in [-0.3, -0.25) is 0 Å². The lowest BCUT2D eigenvalue weighted by Crippen LogP contribution is -2.04. The number of rotatable bonds is 5. The SMILES string of the molecule is C=CC(CCCC)OC. The number of ether oxygens (including phenoxy) is 1. The number of unbranched alkanes of at least 4 members (excludes halogenated alkanes) is 1. The molecule has 1 atom stereocenters. The van der Waals surface area contributed by atoms with Gasteiger partial charge in [0.15, 0.2) is 0 Å². The van der Waals surface area contributed by atoms with Gasteiger partial charge in [-0.05, 0) is 6.42 Å². The van der Waals surface area contributed by atoms with Gasteiger partial charge in [-0.1, -0.05) is 25.8 Å². The predicted molar refractivity (Wildman–Crippen MR) is 40.5 cm³/mol. The zero-order chi connectivity index (χ0) is 7.11. The van der Waals surface area contributed by atoms with Crippen LogP contribution in [0.5, 0.6) is 0 Å². The van der Waals surface area contributed by atoms with E-state index < -0.39 is 0 Å². The smallest absolute Gasteiger partial charge is 0.0749 e. The zero-order valence-corrected chi connectivity index (χ0v) is 6.39. The lowest BCUT2D eigenvalue weighted by atomic mass is 10.2. The summed E-state index contributed by atoms with van der Waals surface area (Å²) in [6.07, 6.45) is 5.69. The molecule has 0 aliphatic rings. The maximum atomic E-state index is 5.08. The van der Waals surface area contributed by atoms with Crippen molar-refractivity contribution in [1.29, 1.82) is 0 Å². The molecule has 1 nitrogen and oxygen atoms in total. The van der Waals surface area contributed by atoms with Gasteiger partial charge in [-0.2, -0.15) is 0 Å². The van der Waals surface area contributed by atoms with Crippen LogP contribution in [0.1, 0.15) is 26.2 Å². The first kappa shape index (κ1) is 8.70. The number of hydrogen-bond acceptors (Lipinski definition) is 1. The van der Waals surface area contributed by atoms with Gasteiger partial charge in [-0.15, -0.1) is 6.58 Å². The summed E-state index contributed by atoms with van der Waals surface area (Å²) in [5.74, 6) is 0. The molecule has 0 bridgehead atoms. The molecule has 1 unspecified atom stereocenters. The van der Waals surface area contributed by atoms with Crippen LogP contribution in [0.15, 0.2) is 12.7 Å². The molecule has 0 aromatic heterocycles. The van der Waals surface area contributed by atoms with Crippen LogP contribution in [0.25, 0.3) is 0 Å². The summed E-state index contributed by atoms with van der Waals surface area (Å²) in [5.41, 5.74) is 0. The lowest BCUT2D eigenvalue weighted by molar-refractivity contribution is 0.132. The standard InChI is InChI=1S/C8H16O/c1-4-6-7-8(5-2)9-3/h5,8H,2,4,6-7H2,1,3H3. The third-order valence-electron chi connectivity index (χ3n) is 1.41. The van der Waals surface area contributed by atoms with E-state index in [2.05, 4.69) is 13.5 Å². The Labute approximate surface area is 57.7 Å². The van der Waals surface area contributed by atoms with Gasteiger partial charge in [0.1, 0.15) is 0 Å². The van der Waals surface area contributed by atoms with E-state index in [9.17, 15) is 0 Å². The van der Waals surface area contributed by atoms with Gasteiger partial charge in [-0.25, -0.2) is 0 Å². The van der Waals surface area contributed by atoms with E-state index in [1.807, 2.05) is 6.08 Å².